The van der Waals surface area contributed by atoms with E-state index in [2.05, 4.69) is 0 Å². The highest BCUT2D eigenvalue weighted by Gasteiger charge is 2.31. The van der Waals surface area contributed by atoms with Gasteiger partial charge in [0.1, 0.15) is 0 Å². The summed E-state index contributed by atoms with van der Waals surface area (Å²) in [5, 5.41) is 0.368. The lowest BCUT2D eigenvalue weighted by Gasteiger charge is -2.38. The van der Waals surface area contributed by atoms with E-state index in [1.807, 2.05) is 4.90 Å². The first kappa shape index (κ1) is 14.4. The van der Waals surface area contributed by atoms with Crippen molar-refractivity contribution in [1.82, 2.24) is 4.90 Å². The van der Waals surface area contributed by atoms with E-state index in [9.17, 15) is 18.0 Å². The van der Waals surface area contributed by atoms with Gasteiger partial charge in [-0.25, -0.2) is 0 Å². The van der Waals surface area contributed by atoms with Crippen molar-refractivity contribution in [3.63, 3.8) is 0 Å². The Bertz CT molecular complexity index is 469. The maximum atomic E-state index is 12.6. The van der Waals surface area contributed by atoms with Crippen LogP contribution in [0.5, 0.6) is 0 Å². The zero-order valence-electron chi connectivity index (χ0n) is 10.4. The highest BCUT2D eigenvalue weighted by atomic mass is 32.2. The van der Waals surface area contributed by atoms with E-state index in [1.165, 1.54) is 30.8 Å². The minimum absolute atomic E-state index is 0.0868. The fraction of sp³-hybridized carbons (Fsp3) is 0.462. The molecule has 1 aromatic carbocycles. The number of carbonyl (C=O) groups excluding carboxylic acids is 1. The molecule has 0 bridgehead atoms. The van der Waals surface area contributed by atoms with E-state index in [4.69, 9.17) is 0 Å². The van der Waals surface area contributed by atoms with Crippen molar-refractivity contribution in [3.05, 3.63) is 35.4 Å². The van der Waals surface area contributed by atoms with Gasteiger partial charge in [0.15, 0.2) is 5.12 Å². The summed E-state index contributed by atoms with van der Waals surface area (Å²) in [6, 6.07) is 5.39. The Balaban J connectivity index is 1.90. The zero-order chi connectivity index (χ0) is 14.0. The van der Waals surface area contributed by atoms with Crippen LogP contribution >= 0.6 is 11.8 Å². The number of nitrogens with zero attached hydrogens (tertiary/aromatic N) is 1. The molecule has 1 heterocycles. The number of likely N-dealkylation sites (tertiary alicyclic amines) is 1. The Morgan fingerprint density at radius 3 is 2.68 bits per heavy atom. The molecule has 1 aliphatic heterocycles. The molecule has 0 unspecified atom stereocenters. The van der Waals surface area contributed by atoms with Gasteiger partial charge in [0.2, 0.25) is 0 Å². The average Bonchev–Trinajstić information content (AvgIpc) is 2.25. The Labute approximate surface area is 114 Å². The zero-order valence-corrected chi connectivity index (χ0v) is 11.2. The van der Waals surface area contributed by atoms with Crippen molar-refractivity contribution in [2.24, 2.45) is 0 Å². The van der Waals surface area contributed by atoms with E-state index >= 15 is 0 Å². The normalized spacial score (nSPS) is 17.3. The predicted molar refractivity (Wildman–Crippen MR) is 68.8 cm³/mol. The van der Waals surface area contributed by atoms with Gasteiger partial charge in [0, 0.05) is 31.8 Å². The first-order chi connectivity index (χ1) is 8.84. The smallest absolute Gasteiger partial charge is 0.297 e. The lowest BCUT2D eigenvalue weighted by Crippen LogP contribution is -2.48. The van der Waals surface area contributed by atoms with E-state index < -0.39 is 11.7 Å². The summed E-state index contributed by atoms with van der Waals surface area (Å²) in [6.07, 6.45) is -4.29. The fourth-order valence-corrected chi connectivity index (χ4v) is 3.11. The number of hydrogen-bond donors (Lipinski definition) is 0. The summed E-state index contributed by atoms with van der Waals surface area (Å²) < 4.78 is 37.7. The predicted octanol–water partition coefficient (Wildman–Crippen LogP) is 3.17. The Hall–Kier alpha value is -1.01. The Morgan fingerprint density at radius 2 is 2.11 bits per heavy atom. The molecule has 0 aliphatic carbocycles. The van der Waals surface area contributed by atoms with E-state index in [0.29, 0.717) is 12.1 Å². The minimum Gasteiger partial charge on any atom is -0.297 e. The van der Waals surface area contributed by atoms with Crippen LogP contribution in [0, 0.1) is 0 Å². The second-order valence-corrected chi connectivity index (χ2v) is 6.10. The molecule has 19 heavy (non-hydrogen) atoms. The molecule has 0 saturated carbocycles. The molecular formula is C13H14F3NOS. The summed E-state index contributed by atoms with van der Waals surface area (Å²) in [7, 11) is 0. The second kappa shape index (κ2) is 5.54. The molecule has 0 spiro atoms. The molecule has 0 amide bonds. The van der Waals surface area contributed by atoms with Gasteiger partial charge in [-0.3, -0.25) is 9.69 Å². The number of benzene rings is 1. The van der Waals surface area contributed by atoms with E-state index in [1.54, 1.807) is 6.07 Å². The number of thioether (sulfide) groups is 1. The van der Waals surface area contributed by atoms with Crippen LogP contribution in [0.25, 0.3) is 0 Å². The quantitative estimate of drug-likeness (QED) is 0.852. The standard InChI is InChI=1S/C13H14F3NOS/c1-9(18)19-12-7-17(8-12)6-10-3-2-4-11(5-10)13(14,15)16/h2-5,12H,6-8H2,1H3. The van der Waals surface area contributed by atoms with Gasteiger partial charge in [-0.1, -0.05) is 30.0 Å². The molecule has 1 fully saturated rings. The van der Waals surface area contributed by atoms with Crippen LogP contribution in [-0.4, -0.2) is 28.4 Å². The summed E-state index contributed by atoms with van der Waals surface area (Å²) in [5.41, 5.74) is 0.0429. The van der Waals surface area contributed by atoms with Gasteiger partial charge in [-0.15, -0.1) is 0 Å². The van der Waals surface area contributed by atoms with Gasteiger partial charge in [-0.05, 0) is 11.6 Å². The third kappa shape index (κ3) is 3.98. The van der Waals surface area contributed by atoms with Gasteiger partial charge in [-0.2, -0.15) is 13.2 Å². The average molecular weight is 289 g/mol. The summed E-state index contributed by atoms with van der Waals surface area (Å²) >= 11 is 1.30. The fourth-order valence-electron chi connectivity index (χ4n) is 2.07. The second-order valence-electron chi connectivity index (χ2n) is 4.62. The van der Waals surface area contributed by atoms with Crippen LogP contribution in [-0.2, 0) is 17.5 Å². The summed E-state index contributed by atoms with van der Waals surface area (Å²) in [6.45, 7) is 3.53. The SMILES string of the molecule is CC(=O)SC1CN(Cc2cccc(C(F)(F)F)c2)C1. The first-order valence-electron chi connectivity index (χ1n) is 5.90. The first-order valence-corrected chi connectivity index (χ1v) is 6.78. The lowest BCUT2D eigenvalue weighted by atomic mass is 10.1. The highest BCUT2D eigenvalue weighted by Crippen LogP contribution is 2.30. The van der Waals surface area contributed by atoms with Gasteiger partial charge < -0.3 is 0 Å². The van der Waals surface area contributed by atoms with E-state index in [-0.39, 0.29) is 10.4 Å². The van der Waals surface area contributed by atoms with Crippen LogP contribution in [0.3, 0.4) is 0 Å². The largest absolute Gasteiger partial charge is 0.416 e. The van der Waals surface area contributed by atoms with Gasteiger partial charge in [0.05, 0.1) is 5.56 Å². The number of alkyl halides is 3. The minimum atomic E-state index is -4.29. The molecule has 2 rings (SSSR count). The maximum Gasteiger partial charge on any atom is 0.416 e. The number of hydrogen-bond acceptors (Lipinski definition) is 3. The van der Waals surface area contributed by atoms with Crippen LogP contribution in [0.15, 0.2) is 24.3 Å². The highest BCUT2D eigenvalue weighted by molar-refractivity contribution is 8.14. The van der Waals surface area contributed by atoms with Crippen molar-refractivity contribution in [3.8, 4) is 0 Å². The number of carbonyl (C=O) groups is 1. The van der Waals surface area contributed by atoms with Crippen molar-refractivity contribution >= 4 is 16.9 Å². The van der Waals surface area contributed by atoms with Crippen molar-refractivity contribution in [2.45, 2.75) is 24.9 Å². The number of halogens is 3. The molecule has 0 N–H and O–H groups in total. The topological polar surface area (TPSA) is 20.3 Å². The molecule has 6 heteroatoms. The molecule has 0 aromatic heterocycles. The molecule has 1 saturated heterocycles. The Kier molecular flexibility index (Phi) is 4.20. The molecule has 104 valence electrons. The van der Waals surface area contributed by atoms with Crippen molar-refractivity contribution < 1.29 is 18.0 Å². The monoisotopic (exact) mass is 289 g/mol. The molecule has 2 nitrogen and oxygen atoms in total. The Morgan fingerprint density at radius 1 is 1.42 bits per heavy atom. The van der Waals surface area contributed by atoms with Gasteiger partial charge >= 0.3 is 6.18 Å². The lowest BCUT2D eigenvalue weighted by molar-refractivity contribution is -0.137. The number of rotatable bonds is 3. The molecular weight excluding hydrogens is 275 g/mol. The summed E-state index contributed by atoms with van der Waals surface area (Å²) in [5.74, 6) is 0. The maximum absolute atomic E-state index is 12.6. The van der Waals surface area contributed by atoms with Crippen LogP contribution < -0.4 is 0 Å². The summed E-state index contributed by atoms with van der Waals surface area (Å²) in [4.78, 5) is 12.9. The van der Waals surface area contributed by atoms with Gasteiger partial charge in [0.25, 0.3) is 0 Å². The van der Waals surface area contributed by atoms with Crippen LogP contribution in [0.4, 0.5) is 13.2 Å². The third-order valence-electron chi connectivity index (χ3n) is 2.92. The third-order valence-corrected chi connectivity index (χ3v) is 3.88. The van der Waals surface area contributed by atoms with Crippen molar-refractivity contribution in [1.29, 1.82) is 0 Å². The van der Waals surface area contributed by atoms with Crippen molar-refractivity contribution in [2.75, 3.05) is 13.1 Å². The van der Waals surface area contributed by atoms with Crippen LogP contribution in [0.2, 0.25) is 0 Å². The molecule has 0 radical (unpaired) electrons. The van der Waals surface area contributed by atoms with E-state index in [0.717, 1.165) is 19.2 Å². The molecule has 1 aliphatic rings. The molecule has 0 atom stereocenters. The molecule has 1 aromatic rings. The van der Waals surface area contributed by atoms with Crippen LogP contribution in [0.1, 0.15) is 18.1 Å².